The molecule has 4 N–H and O–H groups in total. The van der Waals surface area contributed by atoms with Crippen molar-refractivity contribution in [2.24, 2.45) is 11.7 Å². The smallest absolute Gasteiger partial charge is 0.265 e. The zero-order chi connectivity index (χ0) is 19.7. The third kappa shape index (κ3) is 4.54. The molecule has 1 aliphatic heterocycles. The minimum atomic E-state index is -0.565. The van der Waals surface area contributed by atoms with E-state index in [0.29, 0.717) is 30.1 Å². The highest BCUT2D eigenvalue weighted by Gasteiger charge is 2.41. The molecule has 1 aliphatic carbocycles. The summed E-state index contributed by atoms with van der Waals surface area (Å²) in [4.78, 5) is 25.3. The van der Waals surface area contributed by atoms with E-state index in [4.69, 9.17) is 10.5 Å². The first-order valence-electron chi connectivity index (χ1n) is 9.66. The number of nitrogens with two attached hydrogens (primary N) is 1. The van der Waals surface area contributed by atoms with E-state index < -0.39 is 6.10 Å². The molecule has 0 spiro atoms. The lowest BCUT2D eigenvalue weighted by Crippen LogP contribution is -2.53. The molecule has 0 radical (unpaired) electrons. The number of ether oxygens (including phenoxy) is 1. The summed E-state index contributed by atoms with van der Waals surface area (Å²) in [7, 11) is 0. The Labute approximate surface area is 176 Å². The molecule has 2 aromatic carbocycles. The molecule has 7 heteroatoms. The second-order valence-electron chi connectivity index (χ2n) is 7.84. The van der Waals surface area contributed by atoms with Gasteiger partial charge in [-0.25, -0.2) is 0 Å². The molecule has 6 nitrogen and oxygen atoms in total. The molecule has 1 heterocycles. The van der Waals surface area contributed by atoms with Crippen molar-refractivity contribution < 1.29 is 14.3 Å². The van der Waals surface area contributed by atoms with Gasteiger partial charge < -0.3 is 21.1 Å². The van der Waals surface area contributed by atoms with E-state index in [-0.39, 0.29) is 29.8 Å². The summed E-state index contributed by atoms with van der Waals surface area (Å²) in [6, 6.07) is 14.6. The van der Waals surface area contributed by atoms with Crippen LogP contribution in [0.4, 0.5) is 5.69 Å². The largest absolute Gasteiger partial charge is 0.480 e. The molecule has 29 heavy (non-hydrogen) atoms. The van der Waals surface area contributed by atoms with Gasteiger partial charge in [-0.15, -0.1) is 12.4 Å². The van der Waals surface area contributed by atoms with Gasteiger partial charge in [-0.1, -0.05) is 24.3 Å². The van der Waals surface area contributed by atoms with E-state index in [1.807, 2.05) is 31.2 Å². The van der Waals surface area contributed by atoms with Gasteiger partial charge in [0.25, 0.3) is 11.8 Å². The van der Waals surface area contributed by atoms with E-state index in [9.17, 15) is 9.59 Å². The number of halogens is 1. The van der Waals surface area contributed by atoms with Crippen molar-refractivity contribution in [1.82, 2.24) is 5.32 Å². The molecule has 2 unspecified atom stereocenters. The molecule has 2 aromatic rings. The lowest BCUT2D eigenvalue weighted by Gasteiger charge is -2.29. The van der Waals surface area contributed by atoms with Crippen molar-refractivity contribution in [3.05, 3.63) is 59.7 Å². The highest BCUT2D eigenvalue weighted by Crippen LogP contribution is 2.39. The highest BCUT2D eigenvalue weighted by atomic mass is 35.5. The fraction of sp³-hybridized carbons (Fsp3) is 0.364. The number of hydrogen-bond donors (Lipinski definition) is 3. The average molecular weight is 416 g/mol. The minimum Gasteiger partial charge on any atom is -0.480 e. The number of amides is 2. The number of nitrogens with one attached hydrogen (secondary N) is 2. The monoisotopic (exact) mass is 415 g/mol. The summed E-state index contributed by atoms with van der Waals surface area (Å²) in [6.45, 7) is 2.39. The first kappa shape index (κ1) is 21.1. The van der Waals surface area contributed by atoms with E-state index in [1.54, 1.807) is 24.3 Å². The lowest BCUT2D eigenvalue weighted by atomic mass is 9.95. The Hall–Kier alpha value is -2.57. The zero-order valence-corrected chi connectivity index (χ0v) is 17.1. The third-order valence-electron chi connectivity index (χ3n) is 5.63. The Morgan fingerprint density at radius 1 is 1.17 bits per heavy atom. The third-order valence-corrected chi connectivity index (χ3v) is 5.63. The summed E-state index contributed by atoms with van der Waals surface area (Å²) >= 11 is 0. The van der Waals surface area contributed by atoms with Crippen LogP contribution in [0, 0.1) is 5.92 Å². The highest BCUT2D eigenvalue weighted by molar-refractivity contribution is 5.99. The normalized spacial score (nSPS) is 19.2. The molecule has 1 fully saturated rings. The topological polar surface area (TPSA) is 93.5 Å². The van der Waals surface area contributed by atoms with Gasteiger partial charge in [0, 0.05) is 24.2 Å². The van der Waals surface area contributed by atoms with Crippen molar-refractivity contribution in [2.75, 3.05) is 11.9 Å². The molecule has 2 atom stereocenters. The second kappa shape index (κ2) is 8.43. The van der Waals surface area contributed by atoms with Crippen molar-refractivity contribution in [3.8, 4) is 5.75 Å². The van der Waals surface area contributed by atoms with E-state index in [1.165, 1.54) is 0 Å². The van der Waals surface area contributed by atoms with Crippen LogP contribution in [-0.4, -0.2) is 30.0 Å². The molecule has 2 aliphatic rings. The number of para-hydroxylation sites is 1. The molecule has 4 rings (SSSR count). The molecule has 154 valence electrons. The Kier molecular flexibility index (Phi) is 6.15. The van der Waals surface area contributed by atoms with Crippen LogP contribution in [0.25, 0.3) is 0 Å². The van der Waals surface area contributed by atoms with Gasteiger partial charge in [-0.3, -0.25) is 9.59 Å². The Morgan fingerprint density at radius 2 is 1.93 bits per heavy atom. The van der Waals surface area contributed by atoms with Crippen molar-refractivity contribution in [2.45, 2.75) is 37.8 Å². The molecule has 0 saturated heterocycles. The fourth-order valence-electron chi connectivity index (χ4n) is 3.66. The van der Waals surface area contributed by atoms with E-state index in [0.717, 1.165) is 24.2 Å². The number of fused-ring (bicyclic) bond motifs is 1. The lowest BCUT2D eigenvalue weighted by molar-refractivity contribution is -0.122. The number of rotatable bonds is 6. The zero-order valence-electron chi connectivity index (χ0n) is 16.3. The number of hydrogen-bond acceptors (Lipinski definition) is 4. The van der Waals surface area contributed by atoms with Gasteiger partial charge in [-0.05, 0) is 55.5 Å². The summed E-state index contributed by atoms with van der Waals surface area (Å²) in [5.41, 5.74) is 7.59. The standard InChI is InChI=1S/C22H25N3O3.ClH/c1-22(13-23,16-9-10-16)25-20(26)15-6-4-7-17(11-15)24-21(27)19-12-14-5-2-3-8-18(14)28-19;/h2-8,11,16,19H,9-10,12-13,23H2,1H3,(H,24,27)(H,25,26);1H. The van der Waals surface area contributed by atoms with E-state index >= 15 is 0 Å². The Bertz CT molecular complexity index is 891. The van der Waals surface area contributed by atoms with Crippen molar-refractivity contribution in [1.29, 1.82) is 0 Å². The predicted octanol–water partition coefficient (Wildman–Crippen LogP) is 2.91. The first-order valence-corrected chi connectivity index (χ1v) is 9.66. The van der Waals surface area contributed by atoms with Gasteiger partial charge in [0.2, 0.25) is 0 Å². The van der Waals surface area contributed by atoms with Crippen LogP contribution in [-0.2, 0) is 11.2 Å². The van der Waals surface area contributed by atoms with Crippen LogP contribution in [0.5, 0.6) is 5.75 Å². The SMILES string of the molecule is CC(CN)(NC(=O)c1cccc(NC(=O)C2Cc3ccccc3O2)c1)C1CC1.Cl. The molecular weight excluding hydrogens is 390 g/mol. The first-order chi connectivity index (χ1) is 13.5. The van der Waals surface area contributed by atoms with Crippen LogP contribution in [0.1, 0.15) is 35.7 Å². The fourth-order valence-corrected chi connectivity index (χ4v) is 3.66. The van der Waals surface area contributed by atoms with Gasteiger partial charge in [0.05, 0.1) is 5.54 Å². The maximum atomic E-state index is 12.7. The van der Waals surface area contributed by atoms with Crippen LogP contribution in [0.3, 0.4) is 0 Å². The van der Waals surface area contributed by atoms with Gasteiger partial charge in [-0.2, -0.15) is 0 Å². The molecular formula is C22H26ClN3O3. The number of anilines is 1. The minimum absolute atomic E-state index is 0. The average Bonchev–Trinajstić information content (AvgIpc) is 3.47. The van der Waals surface area contributed by atoms with Crippen molar-refractivity contribution in [3.63, 3.8) is 0 Å². The van der Waals surface area contributed by atoms with E-state index in [2.05, 4.69) is 10.6 Å². The summed E-state index contributed by atoms with van der Waals surface area (Å²) in [5, 5.41) is 5.92. The maximum Gasteiger partial charge on any atom is 0.265 e. The number of benzene rings is 2. The van der Waals surface area contributed by atoms with Crippen molar-refractivity contribution >= 4 is 29.9 Å². The second-order valence-corrected chi connectivity index (χ2v) is 7.84. The Morgan fingerprint density at radius 3 is 2.62 bits per heavy atom. The number of carbonyl (C=O) groups is 2. The summed E-state index contributed by atoms with van der Waals surface area (Å²) in [6.07, 6.45) is 2.16. The van der Waals surface area contributed by atoms with Gasteiger partial charge >= 0.3 is 0 Å². The van der Waals surface area contributed by atoms with Crippen LogP contribution < -0.4 is 21.1 Å². The van der Waals surface area contributed by atoms with Gasteiger partial charge in [0.15, 0.2) is 6.10 Å². The maximum absolute atomic E-state index is 12.7. The molecule has 0 aromatic heterocycles. The number of carbonyl (C=O) groups excluding carboxylic acids is 2. The van der Waals surface area contributed by atoms with Gasteiger partial charge in [0.1, 0.15) is 5.75 Å². The summed E-state index contributed by atoms with van der Waals surface area (Å²) < 4.78 is 5.73. The molecule has 2 amide bonds. The van der Waals surface area contributed by atoms with Crippen LogP contribution >= 0.6 is 12.4 Å². The van der Waals surface area contributed by atoms with Crippen LogP contribution in [0.2, 0.25) is 0 Å². The summed E-state index contributed by atoms with van der Waals surface area (Å²) in [5.74, 6) is 0.779. The molecule has 0 bridgehead atoms. The Balaban J connectivity index is 0.00000240. The quantitative estimate of drug-likeness (QED) is 0.676. The molecule has 1 saturated carbocycles. The van der Waals surface area contributed by atoms with Crippen LogP contribution in [0.15, 0.2) is 48.5 Å². The predicted molar refractivity (Wildman–Crippen MR) is 115 cm³/mol.